The Hall–Kier alpha value is -1.06. The third-order valence-corrected chi connectivity index (χ3v) is 2.36. The van der Waals surface area contributed by atoms with Gasteiger partial charge in [-0.15, -0.1) is 0 Å². The lowest BCUT2D eigenvalue weighted by Crippen LogP contribution is -2.35. The number of rotatable bonds is 6. The average molecular weight is 209 g/mol. The van der Waals surface area contributed by atoms with Crippen molar-refractivity contribution in [3.8, 4) is 0 Å². The predicted molar refractivity (Wildman–Crippen MR) is 61.9 cm³/mol. The van der Waals surface area contributed by atoms with Crippen molar-refractivity contribution >= 4 is 5.69 Å². The second-order valence-corrected chi connectivity index (χ2v) is 3.36. The van der Waals surface area contributed by atoms with Crippen LogP contribution in [0.25, 0.3) is 0 Å². The number of para-hydroxylation sites is 1. The molecule has 1 N–H and O–H groups in total. The number of ether oxygens (including phenoxy) is 2. The maximum Gasteiger partial charge on any atom is 0.176 e. The first-order valence-corrected chi connectivity index (χ1v) is 5.19. The Bertz CT molecular complexity index is 260. The number of anilines is 1. The molecule has 0 aliphatic heterocycles. The Morgan fingerprint density at radius 3 is 2.20 bits per heavy atom. The van der Waals surface area contributed by atoms with E-state index in [2.05, 4.69) is 12.2 Å². The summed E-state index contributed by atoms with van der Waals surface area (Å²) in [4.78, 5) is 0. The van der Waals surface area contributed by atoms with E-state index < -0.39 is 0 Å². The van der Waals surface area contributed by atoms with E-state index in [9.17, 15) is 0 Å². The fourth-order valence-electron chi connectivity index (χ4n) is 1.54. The fourth-order valence-corrected chi connectivity index (χ4v) is 1.54. The highest BCUT2D eigenvalue weighted by Crippen LogP contribution is 2.13. The van der Waals surface area contributed by atoms with E-state index in [1.54, 1.807) is 14.2 Å². The fraction of sp³-hybridized carbons (Fsp3) is 0.500. The lowest BCUT2D eigenvalue weighted by Gasteiger charge is -2.25. The number of methoxy groups -OCH3 is 2. The topological polar surface area (TPSA) is 30.5 Å². The summed E-state index contributed by atoms with van der Waals surface area (Å²) in [5, 5.41) is 3.38. The van der Waals surface area contributed by atoms with E-state index in [0.717, 1.165) is 12.1 Å². The van der Waals surface area contributed by atoms with Gasteiger partial charge in [-0.3, -0.25) is 0 Å². The Kier molecular flexibility index (Phi) is 5.15. The van der Waals surface area contributed by atoms with E-state index in [-0.39, 0.29) is 12.3 Å². The summed E-state index contributed by atoms with van der Waals surface area (Å²) < 4.78 is 10.5. The highest BCUT2D eigenvalue weighted by atomic mass is 16.7. The van der Waals surface area contributed by atoms with Gasteiger partial charge < -0.3 is 14.8 Å². The van der Waals surface area contributed by atoms with Crippen molar-refractivity contribution in [1.29, 1.82) is 0 Å². The molecule has 0 aliphatic rings. The van der Waals surface area contributed by atoms with Gasteiger partial charge in [-0.25, -0.2) is 0 Å². The third-order valence-electron chi connectivity index (χ3n) is 2.36. The van der Waals surface area contributed by atoms with Crippen LogP contribution in [0.4, 0.5) is 5.69 Å². The summed E-state index contributed by atoms with van der Waals surface area (Å²) in [7, 11) is 3.31. The lowest BCUT2D eigenvalue weighted by atomic mass is 10.2. The summed E-state index contributed by atoms with van der Waals surface area (Å²) in [6.45, 7) is 2.10. The van der Waals surface area contributed by atoms with Crippen LogP contribution in [0.3, 0.4) is 0 Å². The minimum Gasteiger partial charge on any atom is -0.377 e. The Morgan fingerprint density at radius 2 is 1.73 bits per heavy atom. The molecule has 1 unspecified atom stereocenters. The van der Waals surface area contributed by atoms with Gasteiger partial charge in [0.15, 0.2) is 6.29 Å². The molecule has 3 heteroatoms. The zero-order valence-electron chi connectivity index (χ0n) is 9.57. The van der Waals surface area contributed by atoms with Crippen LogP contribution in [-0.4, -0.2) is 26.6 Å². The molecule has 1 aromatic rings. The monoisotopic (exact) mass is 209 g/mol. The molecule has 1 atom stereocenters. The molecule has 0 saturated heterocycles. The van der Waals surface area contributed by atoms with Crippen molar-refractivity contribution in [3.63, 3.8) is 0 Å². The summed E-state index contributed by atoms with van der Waals surface area (Å²) in [5.41, 5.74) is 1.09. The van der Waals surface area contributed by atoms with Crippen molar-refractivity contribution in [3.05, 3.63) is 30.3 Å². The summed E-state index contributed by atoms with van der Waals surface area (Å²) in [5.74, 6) is 0. The SMILES string of the molecule is CCC(Nc1ccccc1)C(OC)OC. The first kappa shape index (κ1) is 12.0. The van der Waals surface area contributed by atoms with E-state index in [0.29, 0.717) is 0 Å². The number of hydrogen-bond acceptors (Lipinski definition) is 3. The van der Waals surface area contributed by atoms with Crippen molar-refractivity contribution in [1.82, 2.24) is 0 Å². The summed E-state index contributed by atoms with van der Waals surface area (Å²) >= 11 is 0. The van der Waals surface area contributed by atoms with Crippen LogP contribution in [-0.2, 0) is 9.47 Å². The summed E-state index contributed by atoms with van der Waals surface area (Å²) in [6.07, 6.45) is 0.733. The minimum atomic E-state index is -0.213. The van der Waals surface area contributed by atoms with E-state index in [1.807, 2.05) is 30.3 Å². The standard InChI is InChI=1S/C12H19NO2/c1-4-11(12(14-2)15-3)13-10-8-6-5-7-9-10/h5-9,11-13H,4H2,1-3H3. The molecule has 0 aliphatic carbocycles. The molecule has 0 fully saturated rings. The quantitative estimate of drug-likeness (QED) is 0.730. The molecule has 0 saturated carbocycles. The maximum atomic E-state index is 5.24. The second-order valence-electron chi connectivity index (χ2n) is 3.36. The van der Waals surface area contributed by atoms with Gasteiger partial charge in [0.1, 0.15) is 0 Å². The third kappa shape index (κ3) is 3.53. The van der Waals surface area contributed by atoms with Gasteiger partial charge in [-0.1, -0.05) is 25.1 Å². The van der Waals surface area contributed by atoms with Gasteiger partial charge in [-0.05, 0) is 18.6 Å². The van der Waals surface area contributed by atoms with Gasteiger partial charge in [0.2, 0.25) is 0 Å². The van der Waals surface area contributed by atoms with Crippen LogP contribution in [0.5, 0.6) is 0 Å². The van der Waals surface area contributed by atoms with Crippen LogP contribution in [0, 0.1) is 0 Å². The zero-order valence-corrected chi connectivity index (χ0v) is 9.57. The Balaban J connectivity index is 2.61. The molecule has 0 radical (unpaired) electrons. The Labute approximate surface area is 91.4 Å². The highest BCUT2D eigenvalue weighted by Gasteiger charge is 2.18. The molecule has 0 spiro atoms. The van der Waals surface area contributed by atoms with Crippen LogP contribution in [0.15, 0.2) is 30.3 Å². The molecule has 1 aromatic carbocycles. The van der Waals surface area contributed by atoms with E-state index >= 15 is 0 Å². The van der Waals surface area contributed by atoms with Crippen LogP contribution >= 0.6 is 0 Å². The van der Waals surface area contributed by atoms with Crippen LogP contribution < -0.4 is 5.32 Å². The molecule has 0 aromatic heterocycles. The van der Waals surface area contributed by atoms with Gasteiger partial charge in [-0.2, -0.15) is 0 Å². The van der Waals surface area contributed by atoms with Gasteiger partial charge >= 0.3 is 0 Å². The van der Waals surface area contributed by atoms with E-state index in [1.165, 1.54) is 0 Å². The van der Waals surface area contributed by atoms with Gasteiger partial charge in [0, 0.05) is 19.9 Å². The molecule has 1 rings (SSSR count). The normalized spacial score (nSPS) is 12.8. The molecule has 84 valence electrons. The van der Waals surface area contributed by atoms with Crippen LogP contribution in [0.2, 0.25) is 0 Å². The van der Waals surface area contributed by atoms with Crippen molar-refractivity contribution in [2.75, 3.05) is 19.5 Å². The second kappa shape index (κ2) is 6.43. The van der Waals surface area contributed by atoms with Gasteiger partial charge in [0.05, 0.1) is 6.04 Å². The lowest BCUT2D eigenvalue weighted by molar-refractivity contribution is -0.112. The highest BCUT2D eigenvalue weighted by molar-refractivity contribution is 5.43. The number of benzene rings is 1. The molecule has 3 nitrogen and oxygen atoms in total. The molecule has 15 heavy (non-hydrogen) atoms. The first-order chi connectivity index (χ1) is 7.31. The van der Waals surface area contributed by atoms with E-state index in [4.69, 9.17) is 9.47 Å². The molecular weight excluding hydrogens is 190 g/mol. The predicted octanol–water partition coefficient (Wildman–Crippen LogP) is 2.50. The average Bonchev–Trinajstić information content (AvgIpc) is 2.30. The number of hydrogen-bond donors (Lipinski definition) is 1. The summed E-state index contributed by atoms with van der Waals surface area (Å²) in [6, 6.07) is 10.2. The van der Waals surface area contributed by atoms with Crippen molar-refractivity contribution < 1.29 is 9.47 Å². The molecular formula is C12H19NO2. The van der Waals surface area contributed by atoms with Crippen molar-refractivity contribution in [2.45, 2.75) is 25.7 Å². The van der Waals surface area contributed by atoms with Gasteiger partial charge in [0.25, 0.3) is 0 Å². The largest absolute Gasteiger partial charge is 0.377 e. The minimum absolute atomic E-state index is 0.169. The smallest absolute Gasteiger partial charge is 0.176 e. The Morgan fingerprint density at radius 1 is 1.13 bits per heavy atom. The van der Waals surface area contributed by atoms with Crippen LogP contribution in [0.1, 0.15) is 13.3 Å². The molecule has 0 heterocycles. The molecule has 0 amide bonds. The zero-order chi connectivity index (χ0) is 11.1. The number of nitrogens with one attached hydrogen (secondary N) is 1. The maximum absolute atomic E-state index is 5.24. The van der Waals surface area contributed by atoms with Crippen molar-refractivity contribution in [2.24, 2.45) is 0 Å². The first-order valence-electron chi connectivity index (χ1n) is 5.19. The molecule has 0 bridgehead atoms.